The molecule has 0 spiro atoms. The molecule has 5 nitrogen and oxygen atoms in total. The number of hydrogen-bond acceptors (Lipinski definition) is 3. The lowest BCUT2D eigenvalue weighted by molar-refractivity contribution is -0.133. The van der Waals surface area contributed by atoms with Crippen LogP contribution in [0.2, 0.25) is 0 Å². The molecular weight excluding hydrogens is 340 g/mol. The number of aromatic carboxylic acids is 1. The van der Waals surface area contributed by atoms with Gasteiger partial charge < -0.3 is 10.0 Å². The molecule has 5 heteroatoms. The van der Waals surface area contributed by atoms with Crippen LogP contribution >= 0.6 is 0 Å². The highest BCUT2D eigenvalue weighted by molar-refractivity contribution is 5.87. The van der Waals surface area contributed by atoms with Crippen LogP contribution in [0, 0.1) is 0 Å². The Morgan fingerprint density at radius 1 is 1.04 bits per heavy atom. The van der Waals surface area contributed by atoms with Crippen LogP contribution < -0.4 is 0 Å². The number of likely N-dealkylation sites (tertiary alicyclic amines) is 1. The number of carbonyl (C=O) groups is 2. The SMILES string of the molecule is O=C(O)c1cccc(C2CCCN(C(=O)CN3Cc4ccccc4C3)C2)c1. The highest BCUT2D eigenvalue weighted by atomic mass is 16.4. The van der Waals surface area contributed by atoms with E-state index in [0.29, 0.717) is 18.7 Å². The van der Waals surface area contributed by atoms with Gasteiger partial charge in [-0.1, -0.05) is 36.4 Å². The fraction of sp³-hybridized carbons (Fsp3) is 0.364. The van der Waals surface area contributed by atoms with Crippen LogP contribution in [-0.2, 0) is 17.9 Å². The Hall–Kier alpha value is -2.66. The second-order valence-corrected chi connectivity index (χ2v) is 7.52. The van der Waals surface area contributed by atoms with E-state index in [1.165, 1.54) is 11.1 Å². The monoisotopic (exact) mass is 364 g/mol. The zero-order valence-electron chi connectivity index (χ0n) is 15.3. The number of benzene rings is 2. The molecule has 4 rings (SSSR count). The zero-order valence-corrected chi connectivity index (χ0v) is 15.3. The van der Waals surface area contributed by atoms with E-state index < -0.39 is 5.97 Å². The molecule has 2 aromatic carbocycles. The van der Waals surface area contributed by atoms with E-state index >= 15 is 0 Å². The quantitative estimate of drug-likeness (QED) is 0.906. The minimum absolute atomic E-state index is 0.168. The summed E-state index contributed by atoms with van der Waals surface area (Å²) in [6, 6.07) is 15.5. The average Bonchev–Trinajstić information content (AvgIpc) is 3.10. The largest absolute Gasteiger partial charge is 0.478 e. The van der Waals surface area contributed by atoms with E-state index in [2.05, 4.69) is 17.0 Å². The van der Waals surface area contributed by atoms with Crippen molar-refractivity contribution in [1.29, 1.82) is 0 Å². The number of carbonyl (C=O) groups excluding carboxylic acids is 1. The van der Waals surface area contributed by atoms with Crippen molar-refractivity contribution in [2.45, 2.75) is 31.8 Å². The minimum Gasteiger partial charge on any atom is -0.478 e. The number of piperidine rings is 1. The van der Waals surface area contributed by atoms with E-state index in [1.807, 2.05) is 23.1 Å². The van der Waals surface area contributed by atoms with Crippen molar-refractivity contribution in [3.63, 3.8) is 0 Å². The van der Waals surface area contributed by atoms with E-state index in [0.717, 1.165) is 38.0 Å². The lowest BCUT2D eigenvalue weighted by Gasteiger charge is -2.34. The van der Waals surface area contributed by atoms with Gasteiger partial charge in [0.25, 0.3) is 0 Å². The summed E-state index contributed by atoms with van der Waals surface area (Å²) < 4.78 is 0. The van der Waals surface area contributed by atoms with Gasteiger partial charge in [-0.3, -0.25) is 9.69 Å². The summed E-state index contributed by atoms with van der Waals surface area (Å²) in [5.41, 5.74) is 3.95. The number of nitrogens with zero attached hydrogens (tertiary/aromatic N) is 2. The average molecular weight is 364 g/mol. The van der Waals surface area contributed by atoms with Crippen LogP contribution in [0.15, 0.2) is 48.5 Å². The number of carboxylic acids is 1. The Labute approximate surface area is 159 Å². The van der Waals surface area contributed by atoms with Crippen LogP contribution in [0.5, 0.6) is 0 Å². The Bertz CT molecular complexity index is 839. The topological polar surface area (TPSA) is 60.9 Å². The van der Waals surface area contributed by atoms with Gasteiger partial charge in [-0.25, -0.2) is 4.79 Å². The molecule has 0 aliphatic carbocycles. The summed E-state index contributed by atoms with van der Waals surface area (Å²) in [7, 11) is 0. The number of fused-ring (bicyclic) bond motifs is 1. The molecule has 1 fully saturated rings. The minimum atomic E-state index is -0.908. The Morgan fingerprint density at radius 2 is 1.78 bits per heavy atom. The van der Waals surface area contributed by atoms with Gasteiger partial charge in [0.15, 0.2) is 0 Å². The first-order chi connectivity index (χ1) is 13.1. The van der Waals surface area contributed by atoms with Gasteiger partial charge in [0, 0.05) is 32.1 Å². The Kier molecular flexibility index (Phi) is 4.94. The van der Waals surface area contributed by atoms with Gasteiger partial charge in [-0.2, -0.15) is 0 Å². The molecule has 1 amide bonds. The van der Waals surface area contributed by atoms with Crippen molar-refractivity contribution in [3.05, 3.63) is 70.8 Å². The first kappa shape index (κ1) is 17.7. The van der Waals surface area contributed by atoms with Gasteiger partial charge in [0.05, 0.1) is 12.1 Å². The standard InChI is InChI=1S/C22H24N2O3/c25-21(15-23-12-18-5-1-2-6-19(18)13-23)24-10-4-9-20(14-24)16-7-3-8-17(11-16)22(26)27/h1-3,5-8,11,20H,4,9-10,12-15H2,(H,26,27). The zero-order chi connectivity index (χ0) is 18.8. The predicted molar refractivity (Wildman–Crippen MR) is 103 cm³/mol. The number of hydrogen-bond donors (Lipinski definition) is 1. The van der Waals surface area contributed by atoms with Crippen molar-refractivity contribution in [2.24, 2.45) is 0 Å². The summed E-state index contributed by atoms with van der Waals surface area (Å²) in [5.74, 6) is -0.533. The molecule has 27 heavy (non-hydrogen) atoms. The molecule has 2 aliphatic heterocycles. The summed E-state index contributed by atoms with van der Waals surface area (Å²) in [6.07, 6.45) is 1.94. The smallest absolute Gasteiger partial charge is 0.335 e. The molecule has 1 unspecified atom stereocenters. The van der Waals surface area contributed by atoms with E-state index in [-0.39, 0.29) is 11.8 Å². The Balaban J connectivity index is 1.39. The summed E-state index contributed by atoms with van der Waals surface area (Å²) in [6.45, 7) is 3.56. The number of amides is 1. The highest BCUT2D eigenvalue weighted by Gasteiger charge is 2.28. The van der Waals surface area contributed by atoms with Crippen molar-refractivity contribution < 1.29 is 14.7 Å². The van der Waals surface area contributed by atoms with Crippen LogP contribution in [0.4, 0.5) is 0 Å². The molecule has 140 valence electrons. The van der Waals surface area contributed by atoms with E-state index in [4.69, 9.17) is 0 Å². The molecular formula is C22H24N2O3. The van der Waals surface area contributed by atoms with Crippen LogP contribution in [0.1, 0.15) is 45.8 Å². The van der Waals surface area contributed by atoms with Crippen molar-refractivity contribution in [2.75, 3.05) is 19.6 Å². The predicted octanol–water partition coefficient (Wildman–Crippen LogP) is 3.11. The van der Waals surface area contributed by atoms with Crippen molar-refractivity contribution in [3.8, 4) is 0 Å². The Morgan fingerprint density at radius 3 is 2.48 bits per heavy atom. The molecule has 0 aromatic heterocycles. The fourth-order valence-corrected chi connectivity index (χ4v) is 4.21. The molecule has 0 saturated carbocycles. The molecule has 1 atom stereocenters. The second-order valence-electron chi connectivity index (χ2n) is 7.52. The molecule has 2 aliphatic rings. The van der Waals surface area contributed by atoms with Crippen molar-refractivity contribution >= 4 is 11.9 Å². The summed E-state index contributed by atoms with van der Waals surface area (Å²) in [4.78, 5) is 28.2. The lowest BCUT2D eigenvalue weighted by Crippen LogP contribution is -2.43. The summed E-state index contributed by atoms with van der Waals surface area (Å²) in [5, 5.41) is 9.21. The lowest BCUT2D eigenvalue weighted by atomic mass is 9.89. The first-order valence-electron chi connectivity index (χ1n) is 9.50. The third kappa shape index (κ3) is 3.88. The van der Waals surface area contributed by atoms with Crippen LogP contribution in [0.25, 0.3) is 0 Å². The van der Waals surface area contributed by atoms with Gasteiger partial charge >= 0.3 is 5.97 Å². The maximum absolute atomic E-state index is 12.8. The molecule has 2 aromatic rings. The van der Waals surface area contributed by atoms with Gasteiger partial charge in [0.2, 0.25) is 5.91 Å². The molecule has 2 heterocycles. The molecule has 0 bridgehead atoms. The van der Waals surface area contributed by atoms with Gasteiger partial charge in [-0.05, 0) is 41.7 Å². The van der Waals surface area contributed by atoms with Crippen LogP contribution in [0.3, 0.4) is 0 Å². The van der Waals surface area contributed by atoms with E-state index in [9.17, 15) is 14.7 Å². The maximum atomic E-state index is 12.8. The normalized spacial score (nSPS) is 19.7. The molecule has 0 radical (unpaired) electrons. The third-order valence-corrected chi connectivity index (χ3v) is 5.64. The van der Waals surface area contributed by atoms with Crippen LogP contribution in [-0.4, -0.2) is 46.4 Å². The fourth-order valence-electron chi connectivity index (χ4n) is 4.21. The second kappa shape index (κ2) is 7.53. The maximum Gasteiger partial charge on any atom is 0.335 e. The number of carboxylic acid groups (broad SMARTS) is 1. The molecule has 1 saturated heterocycles. The third-order valence-electron chi connectivity index (χ3n) is 5.64. The van der Waals surface area contributed by atoms with Gasteiger partial charge in [-0.15, -0.1) is 0 Å². The first-order valence-corrected chi connectivity index (χ1v) is 9.50. The highest BCUT2D eigenvalue weighted by Crippen LogP contribution is 2.28. The number of rotatable bonds is 4. The van der Waals surface area contributed by atoms with Gasteiger partial charge in [0.1, 0.15) is 0 Å². The summed E-state index contributed by atoms with van der Waals surface area (Å²) >= 11 is 0. The van der Waals surface area contributed by atoms with Crippen molar-refractivity contribution in [1.82, 2.24) is 9.80 Å². The van der Waals surface area contributed by atoms with E-state index in [1.54, 1.807) is 18.2 Å². The molecule has 1 N–H and O–H groups in total.